The standard InChI is InChI=1S/C49H83NO7/c1-6-8-10-12-14-16-18-19-20-21-22-23-24-25-26-27-28-29-30-32-33-35-37-39-47(51)56-44-45(43-55-42-41-46(49(53)54)50(3,4)5)57-48(52)40-38-36-34-31-17-15-13-11-9-7-2/h8,10,14,16,19-20,22-23,25-26,28-29,45-46H,6-7,9,11-13,15,17-18,21,24,27,30-44H2,1-5H3/b10-8+,16-14+,20-19+,23-22+,26-25+,29-28+. The van der Waals surface area contributed by atoms with E-state index in [0.717, 1.165) is 89.9 Å². The summed E-state index contributed by atoms with van der Waals surface area (Å²) < 4.78 is 17.1. The molecule has 0 fully saturated rings. The molecule has 0 saturated heterocycles. The Hall–Kier alpha value is -3.23. The highest BCUT2D eigenvalue weighted by Crippen LogP contribution is 2.13. The van der Waals surface area contributed by atoms with Crippen molar-refractivity contribution in [3.8, 4) is 0 Å². The van der Waals surface area contributed by atoms with Gasteiger partial charge < -0.3 is 28.6 Å². The Balaban J connectivity index is 4.31. The fourth-order valence-electron chi connectivity index (χ4n) is 6.13. The summed E-state index contributed by atoms with van der Waals surface area (Å²) in [7, 11) is 5.39. The summed E-state index contributed by atoms with van der Waals surface area (Å²) in [6.45, 7) is 4.49. The molecule has 0 bridgehead atoms. The van der Waals surface area contributed by atoms with Crippen LogP contribution in [0.1, 0.15) is 168 Å². The van der Waals surface area contributed by atoms with E-state index in [2.05, 4.69) is 86.8 Å². The number of esters is 2. The normalized spacial score (nSPS) is 13.6. The average Bonchev–Trinajstić information content (AvgIpc) is 3.17. The molecule has 0 amide bonds. The van der Waals surface area contributed by atoms with Gasteiger partial charge in [0.15, 0.2) is 6.10 Å². The van der Waals surface area contributed by atoms with Crippen LogP contribution in [0, 0.1) is 0 Å². The van der Waals surface area contributed by atoms with Crippen LogP contribution in [0.25, 0.3) is 0 Å². The van der Waals surface area contributed by atoms with E-state index >= 15 is 0 Å². The molecule has 0 spiro atoms. The Kier molecular flexibility index (Phi) is 37.3. The third kappa shape index (κ3) is 38.1. The molecule has 0 aliphatic rings. The van der Waals surface area contributed by atoms with Gasteiger partial charge in [0.25, 0.3) is 0 Å². The molecule has 0 aliphatic heterocycles. The summed E-state index contributed by atoms with van der Waals surface area (Å²) in [5, 5.41) is 11.6. The lowest BCUT2D eigenvalue weighted by atomic mass is 10.1. The quantitative estimate of drug-likeness (QED) is 0.0264. The first-order valence-electron chi connectivity index (χ1n) is 22.5. The molecule has 0 rings (SSSR count). The zero-order valence-corrected chi connectivity index (χ0v) is 37.0. The summed E-state index contributed by atoms with van der Waals surface area (Å²) in [6, 6.07) is -0.731. The van der Waals surface area contributed by atoms with Gasteiger partial charge in [-0.1, -0.05) is 157 Å². The molecule has 0 aromatic rings. The number of rotatable bonds is 39. The molecule has 2 unspecified atom stereocenters. The first-order chi connectivity index (χ1) is 27.6. The van der Waals surface area contributed by atoms with Crippen LogP contribution in [0.2, 0.25) is 0 Å². The van der Waals surface area contributed by atoms with Gasteiger partial charge in [-0.3, -0.25) is 9.59 Å². The van der Waals surface area contributed by atoms with Gasteiger partial charge in [0, 0.05) is 19.3 Å². The molecule has 8 nitrogen and oxygen atoms in total. The molecule has 0 aromatic carbocycles. The van der Waals surface area contributed by atoms with Crippen molar-refractivity contribution in [3.05, 3.63) is 72.9 Å². The zero-order chi connectivity index (χ0) is 42.1. The zero-order valence-electron chi connectivity index (χ0n) is 37.0. The smallest absolute Gasteiger partial charge is 0.306 e. The number of unbranched alkanes of at least 4 members (excludes halogenated alkanes) is 13. The molecule has 0 radical (unpaired) electrons. The van der Waals surface area contributed by atoms with Crippen LogP contribution in [-0.2, 0) is 28.6 Å². The molecule has 2 atom stereocenters. The lowest BCUT2D eigenvalue weighted by molar-refractivity contribution is -0.889. The van der Waals surface area contributed by atoms with Crippen LogP contribution in [0.3, 0.4) is 0 Å². The molecule has 0 aromatic heterocycles. The molecule has 0 heterocycles. The number of hydrogen-bond acceptors (Lipinski definition) is 7. The minimum absolute atomic E-state index is 0.0303. The summed E-state index contributed by atoms with van der Waals surface area (Å²) >= 11 is 0. The van der Waals surface area contributed by atoms with Crippen LogP contribution in [-0.4, -0.2) is 75.5 Å². The van der Waals surface area contributed by atoms with Crippen molar-refractivity contribution in [1.29, 1.82) is 0 Å². The second-order valence-corrected chi connectivity index (χ2v) is 15.9. The van der Waals surface area contributed by atoms with Gasteiger partial charge in [-0.2, -0.15) is 0 Å². The van der Waals surface area contributed by atoms with Crippen LogP contribution in [0.5, 0.6) is 0 Å². The maximum absolute atomic E-state index is 12.7. The van der Waals surface area contributed by atoms with Crippen molar-refractivity contribution in [1.82, 2.24) is 0 Å². The number of carboxylic acid groups (broad SMARTS) is 1. The predicted molar refractivity (Wildman–Crippen MR) is 235 cm³/mol. The average molecular weight is 798 g/mol. The van der Waals surface area contributed by atoms with Crippen LogP contribution in [0.4, 0.5) is 0 Å². The van der Waals surface area contributed by atoms with Crippen LogP contribution >= 0.6 is 0 Å². The number of quaternary nitrogens is 1. The van der Waals surface area contributed by atoms with Crippen molar-refractivity contribution in [2.45, 2.75) is 180 Å². The van der Waals surface area contributed by atoms with E-state index in [-0.39, 0.29) is 42.7 Å². The van der Waals surface area contributed by atoms with Crippen molar-refractivity contribution < 1.29 is 38.2 Å². The third-order valence-electron chi connectivity index (χ3n) is 9.61. The van der Waals surface area contributed by atoms with Gasteiger partial charge in [-0.15, -0.1) is 0 Å². The number of carboxylic acids is 1. The lowest BCUT2D eigenvalue weighted by Gasteiger charge is -2.34. The molecular formula is C49H83NO7. The van der Waals surface area contributed by atoms with E-state index in [9.17, 15) is 19.5 Å². The topological polar surface area (TPSA) is 102 Å². The second kappa shape index (κ2) is 39.6. The highest BCUT2D eigenvalue weighted by molar-refractivity contribution is 5.70. The number of allylic oxidation sites excluding steroid dienone is 12. The largest absolute Gasteiger partial charge is 0.544 e. The summed E-state index contributed by atoms with van der Waals surface area (Å²) in [5.74, 6) is -1.77. The highest BCUT2D eigenvalue weighted by atomic mass is 16.6. The van der Waals surface area contributed by atoms with Gasteiger partial charge in [0.05, 0.1) is 40.3 Å². The lowest BCUT2D eigenvalue weighted by Crippen LogP contribution is -2.55. The fraction of sp³-hybridized carbons (Fsp3) is 0.694. The minimum Gasteiger partial charge on any atom is -0.544 e. The number of carbonyl (C=O) groups excluding carboxylic acids is 3. The van der Waals surface area contributed by atoms with Crippen LogP contribution < -0.4 is 5.11 Å². The number of likely N-dealkylation sites (N-methyl/N-ethyl adjacent to an activating group) is 1. The number of hydrogen-bond donors (Lipinski definition) is 0. The van der Waals surface area contributed by atoms with Crippen molar-refractivity contribution in [2.75, 3.05) is 41.0 Å². The van der Waals surface area contributed by atoms with Crippen molar-refractivity contribution in [3.63, 3.8) is 0 Å². The monoisotopic (exact) mass is 798 g/mol. The predicted octanol–water partition coefficient (Wildman–Crippen LogP) is 11.0. The molecule has 326 valence electrons. The summed E-state index contributed by atoms with van der Waals surface area (Å²) in [5.41, 5.74) is 0. The summed E-state index contributed by atoms with van der Waals surface area (Å²) in [6.07, 6.45) is 49.3. The Labute approximate surface area is 349 Å². The Morgan fingerprint density at radius 2 is 0.982 bits per heavy atom. The van der Waals surface area contributed by atoms with E-state index in [0.29, 0.717) is 12.8 Å². The maximum Gasteiger partial charge on any atom is 0.306 e. The Bertz CT molecular complexity index is 1160. The number of nitrogens with zero attached hydrogens (tertiary/aromatic N) is 1. The van der Waals surface area contributed by atoms with Crippen molar-refractivity contribution in [2.24, 2.45) is 0 Å². The van der Waals surface area contributed by atoms with Gasteiger partial charge in [0.2, 0.25) is 0 Å². The number of aliphatic carboxylic acids is 1. The fourth-order valence-corrected chi connectivity index (χ4v) is 6.13. The van der Waals surface area contributed by atoms with Gasteiger partial charge >= 0.3 is 11.9 Å². The highest BCUT2D eigenvalue weighted by Gasteiger charge is 2.25. The van der Waals surface area contributed by atoms with Gasteiger partial charge in [-0.05, 0) is 64.2 Å². The molecule has 0 aliphatic carbocycles. The van der Waals surface area contributed by atoms with Crippen molar-refractivity contribution >= 4 is 17.9 Å². The molecule has 0 N–H and O–H groups in total. The van der Waals surface area contributed by atoms with Gasteiger partial charge in [0.1, 0.15) is 12.6 Å². The molecule has 8 heteroatoms. The SMILES string of the molecule is CC/C=C/C/C=C/C/C=C/C/C=C/C/C=C/C/C=C/CCCCCCC(=O)OCC(COCCC(C(=O)[O-])[N+](C)(C)C)OC(=O)CCCCCCCCCCCC. The maximum atomic E-state index is 12.7. The first kappa shape index (κ1) is 53.8. The number of carbonyl (C=O) groups is 3. The Morgan fingerprint density at radius 3 is 1.46 bits per heavy atom. The minimum atomic E-state index is -1.13. The van der Waals surface area contributed by atoms with E-state index in [1.165, 1.54) is 44.9 Å². The number of ether oxygens (including phenoxy) is 3. The van der Waals surface area contributed by atoms with Gasteiger partial charge in [-0.25, -0.2) is 0 Å². The van der Waals surface area contributed by atoms with Crippen LogP contribution in [0.15, 0.2) is 72.9 Å². The second-order valence-electron chi connectivity index (χ2n) is 15.9. The van der Waals surface area contributed by atoms with E-state index in [1.54, 1.807) is 21.1 Å². The summed E-state index contributed by atoms with van der Waals surface area (Å²) in [4.78, 5) is 36.8. The molecule has 0 saturated carbocycles. The van der Waals surface area contributed by atoms with E-state index in [1.807, 2.05) is 0 Å². The third-order valence-corrected chi connectivity index (χ3v) is 9.61. The molecule has 57 heavy (non-hydrogen) atoms. The Morgan fingerprint density at radius 1 is 0.544 bits per heavy atom. The van der Waals surface area contributed by atoms with E-state index < -0.39 is 18.1 Å². The first-order valence-corrected chi connectivity index (χ1v) is 22.5. The molecular weight excluding hydrogens is 715 g/mol. The van der Waals surface area contributed by atoms with E-state index in [4.69, 9.17) is 14.2 Å².